The largest absolute Gasteiger partial charge is 0.465 e. The molecular formula is C14H11BrFNO4S. The fourth-order valence-electron chi connectivity index (χ4n) is 1.73. The minimum absolute atomic E-state index is 0.174. The molecule has 8 heteroatoms. The second-order valence-corrected chi connectivity index (χ2v) is 6.09. The van der Waals surface area contributed by atoms with Gasteiger partial charge in [0.05, 0.1) is 16.0 Å². The van der Waals surface area contributed by atoms with Gasteiger partial charge < -0.3 is 4.74 Å². The third kappa shape index (κ3) is 3.75. The van der Waals surface area contributed by atoms with Crippen LogP contribution >= 0.6 is 27.7 Å². The summed E-state index contributed by atoms with van der Waals surface area (Å²) in [6.07, 6.45) is 1.47. The lowest BCUT2D eigenvalue weighted by Crippen LogP contribution is -2.34. The number of esters is 1. The first-order valence-corrected chi connectivity index (χ1v) is 7.89. The van der Waals surface area contributed by atoms with Gasteiger partial charge in [0.15, 0.2) is 0 Å². The van der Waals surface area contributed by atoms with Gasteiger partial charge in [0.2, 0.25) is 0 Å². The molecule has 1 aliphatic heterocycles. The van der Waals surface area contributed by atoms with Crippen molar-refractivity contribution in [1.82, 2.24) is 4.90 Å². The number of carbonyl (C=O) groups excluding carboxylic acids is 3. The zero-order valence-corrected chi connectivity index (χ0v) is 13.9. The van der Waals surface area contributed by atoms with Gasteiger partial charge in [0.25, 0.3) is 11.1 Å². The van der Waals surface area contributed by atoms with Gasteiger partial charge >= 0.3 is 5.97 Å². The summed E-state index contributed by atoms with van der Waals surface area (Å²) in [4.78, 5) is 36.3. The van der Waals surface area contributed by atoms with E-state index in [2.05, 4.69) is 15.9 Å². The quantitative estimate of drug-likeness (QED) is 0.586. The van der Waals surface area contributed by atoms with Crippen LogP contribution in [0.5, 0.6) is 0 Å². The van der Waals surface area contributed by atoms with Crippen molar-refractivity contribution in [3.63, 3.8) is 0 Å². The molecule has 1 aliphatic rings. The van der Waals surface area contributed by atoms with Gasteiger partial charge in [-0.15, -0.1) is 0 Å². The molecule has 0 N–H and O–H groups in total. The fourth-order valence-corrected chi connectivity index (χ4v) is 2.96. The first-order valence-electron chi connectivity index (χ1n) is 6.28. The minimum Gasteiger partial charge on any atom is -0.465 e. The summed E-state index contributed by atoms with van der Waals surface area (Å²) in [6, 6.07) is 4.23. The molecule has 116 valence electrons. The van der Waals surface area contributed by atoms with Crippen LogP contribution in [-0.4, -0.2) is 35.2 Å². The lowest BCUT2D eigenvalue weighted by Gasteiger charge is -2.10. The summed E-state index contributed by atoms with van der Waals surface area (Å²) in [5.41, 5.74) is 0.565. The van der Waals surface area contributed by atoms with Crippen molar-refractivity contribution in [3.8, 4) is 0 Å². The van der Waals surface area contributed by atoms with E-state index >= 15 is 0 Å². The minimum atomic E-state index is -0.643. The highest BCUT2D eigenvalue weighted by molar-refractivity contribution is 9.10. The average Bonchev–Trinajstić information content (AvgIpc) is 2.71. The molecule has 0 radical (unpaired) electrons. The van der Waals surface area contributed by atoms with E-state index in [1.165, 1.54) is 24.3 Å². The first kappa shape index (κ1) is 16.7. The second-order valence-electron chi connectivity index (χ2n) is 4.25. The van der Waals surface area contributed by atoms with Crippen molar-refractivity contribution in [2.45, 2.75) is 6.92 Å². The summed E-state index contributed by atoms with van der Waals surface area (Å²) in [5.74, 6) is -1.63. The van der Waals surface area contributed by atoms with Crippen LogP contribution < -0.4 is 0 Å². The number of hydrogen-bond acceptors (Lipinski definition) is 5. The Morgan fingerprint density at radius 3 is 2.82 bits per heavy atom. The van der Waals surface area contributed by atoms with Crippen molar-refractivity contribution >= 4 is 50.9 Å². The summed E-state index contributed by atoms with van der Waals surface area (Å²) >= 11 is 3.78. The fraction of sp³-hybridized carbons (Fsp3) is 0.214. The maximum absolute atomic E-state index is 13.2. The molecule has 0 bridgehead atoms. The smallest absolute Gasteiger partial charge is 0.326 e. The van der Waals surface area contributed by atoms with E-state index in [4.69, 9.17) is 4.74 Å². The molecule has 0 spiro atoms. The van der Waals surface area contributed by atoms with Gasteiger partial charge in [0, 0.05) is 0 Å². The van der Waals surface area contributed by atoms with E-state index in [1.54, 1.807) is 6.92 Å². The van der Waals surface area contributed by atoms with Crippen molar-refractivity contribution in [2.75, 3.05) is 13.2 Å². The molecule has 0 aliphatic carbocycles. The van der Waals surface area contributed by atoms with Gasteiger partial charge in [0.1, 0.15) is 12.4 Å². The molecular weight excluding hydrogens is 377 g/mol. The van der Waals surface area contributed by atoms with Gasteiger partial charge in [-0.25, -0.2) is 4.39 Å². The van der Waals surface area contributed by atoms with Crippen LogP contribution in [0.4, 0.5) is 9.18 Å². The molecule has 0 unspecified atom stereocenters. The monoisotopic (exact) mass is 387 g/mol. The van der Waals surface area contributed by atoms with Gasteiger partial charge in [-0.05, 0) is 58.4 Å². The molecule has 1 aromatic carbocycles. The zero-order chi connectivity index (χ0) is 16.3. The molecule has 1 aromatic rings. The highest BCUT2D eigenvalue weighted by atomic mass is 79.9. The van der Waals surface area contributed by atoms with Gasteiger partial charge in [-0.3, -0.25) is 19.3 Å². The molecule has 2 amide bonds. The van der Waals surface area contributed by atoms with Crippen molar-refractivity contribution < 1.29 is 23.5 Å². The predicted octanol–water partition coefficient (Wildman–Crippen LogP) is 3.19. The SMILES string of the molecule is CCOC(=O)CN1C(=O)S/C(=C\c2ccc(F)c(Br)c2)C1=O. The molecule has 1 fully saturated rings. The van der Waals surface area contributed by atoms with E-state index in [-0.39, 0.29) is 16.0 Å². The third-order valence-corrected chi connectivity index (χ3v) is 4.22. The summed E-state index contributed by atoms with van der Waals surface area (Å²) < 4.78 is 18.2. The number of ether oxygens (including phenoxy) is 1. The Balaban J connectivity index is 2.18. The number of nitrogens with zero attached hydrogens (tertiary/aromatic N) is 1. The van der Waals surface area contributed by atoms with E-state index < -0.39 is 29.5 Å². The van der Waals surface area contributed by atoms with Gasteiger partial charge in [-0.1, -0.05) is 6.07 Å². The van der Waals surface area contributed by atoms with Crippen molar-refractivity contribution in [2.24, 2.45) is 0 Å². The molecule has 22 heavy (non-hydrogen) atoms. The topological polar surface area (TPSA) is 63.7 Å². The summed E-state index contributed by atoms with van der Waals surface area (Å²) in [6.45, 7) is 1.40. The lowest BCUT2D eigenvalue weighted by molar-refractivity contribution is -0.145. The average molecular weight is 388 g/mol. The number of thioether (sulfide) groups is 1. The molecule has 1 saturated heterocycles. The normalized spacial score (nSPS) is 16.5. The molecule has 0 saturated carbocycles. The molecule has 1 heterocycles. The molecule has 5 nitrogen and oxygen atoms in total. The van der Waals surface area contributed by atoms with E-state index in [9.17, 15) is 18.8 Å². The number of benzene rings is 1. The third-order valence-electron chi connectivity index (χ3n) is 2.71. The van der Waals surface area contributed by atoms with E-state index in [0.29, 0.717) is 5.56 Å². The first-order chi connectivity index (χ1) is 10.4. The number of carbonyl (C=O) groups is 3. The van der Waals surface area contributed by atoms with Crippen LogP contribution in [0.2, 0.25) is 0 Å². The summed E-state index contributed by atoms with van der Waals surface area (Å²) in [7, 11) is 0. The lowest BCUT2D eigenvalue weighted by atomic mass is 10.2. The highest BCUT2D eigenvalue weighted by Crippen LogP contribution is 2.32. The Kier molecular flexibility index (Phi) is 5.36. The Hall–Kier alpha value is -1.67. The Bertz CT molecular complexity index is 677. The molecule has 0 aromatic heterocycles. The van der Waals surface area contributed by atoms with Gasteiger partial charge in [-0.2, -0.15) is 0 Å². The second kappa shape index (κ2) is 7.06. The maximum atomic E-state index is 13.2. The van der Waals surface area contributed by atoms with Crippen molar-refractivity contribution in [3.05, 3.63) is 39.0 Å². The van der Waals surface area contributed by atoms with Crippen LogP contribution in [0.3, 0.4) is 0 Å². The number of imide groups is 1. The Labute approximate surface area is 138 Å². The van der Waals surface area contributed by atoms with Crippen LogP contribution in [0.25, 0.3) is 6.08 Å². The van der Waals surface area contributed by atoms with Crippen LogP contribution in [-0.2, 0) is 14.3 Å². The molecule has 0 atom stereocenters. The summed E-state index contributed by atoms with van der Waals surface area (Å²) in [5, 5.41) is -0.537. The maximum Gasteiger partial charge on any atom is 0.326 e. The van der Waals surface area contributed by atoms with Crippen LogP contribution in [0, 0.1) is 5.82 Å². The predicted molar refractivity (Wildman–Crippen MR) is 83.4 cm³/mol. The number of amides is 2. The van der Waals surface area contributed by atoms with E-state index in [1.807, 2.05) is 0 Å². The molecule has 2 rings (SSSR count). The number of hydrogen-bond donors (Lipinski definition) is 0. The number of halogens is 2. The highest BCUT2D eigenvalue weighted by Gasteiger charge is 2.36. The number of rotatable bonds is 4. The standard InChI is InChI=1S/C14H11BrFNO4S/c1-2-21-12(18)7-17-13(19)11(22-14(17)20)6-8-3-4-10(16)9(15)5-8/h3-6H,2,7H2,1H3/b11-6-. The van der Waals surface area contributed by atoms with Crippen LogP contribution in [0.15, 0.2) is 27.6 Å². The zero-order valence-electron chi connectivity index (χ0n) is 11.5. The Morgan fingerprint density at radius 1 is 1.45 bits per heavy atom. The van der Waals surface area contributed by atoms with Crippen molar-refractivity contribution in [1.29, 1.82) is 0 Å². The van der Waals surface area contributed by atoms with Crippen LogP contribution in [0.1, 0.15) is 12.5 Å². The Morgan fingerprint density at radius 2 is 2.18 bits per heavy atom. The van der Waals surface area contributed by atoms with E-state index in [0.717, 1.165) is 16.7 Å².